The molecule has 4 aromatic rings. The number of rotatable bonds is 5. The van der Waals surface area contributed by atoms with Crippen molar-refractivity contribution in [3.05, 3.63) is 78.9 Å². The minimum absolute atomic E-state index is 0.0222. The summed E-state index contributed by atoms with van der Waals surface area (Å²) in [5.74, 6) is 0.108. The largest absolute Gasteiger partial charge is 0.497 e. The smallest absolute Gasteiger partial charge is 0.268 e. The Hall–Kier alpha value is -4.06. The lowest BCUT2D eigenvalue weighted by Crippen LogP contribution is -2.25. The molecule has 4 rings (SSSR count). The molecular weight excluding hydrogens is 376 g/mol. The highest BCUT2D eigenvalue weighted by Gasteiger charge is 2.15. The highest BCUT2D eigenvalue weighted by molar-refractivity contribution is 5.92. The fraction of sp³-hybridized carbons (Fsp3) is 0.0833. The van der Waals surface area contributed by atoms with E-state index in [2.05, 4.69) is 35.3 Å². The summed E-state index contributed by atoms with van der Waals surface area (Å²) >= 11 is 0. The number of benzene rings is 3. The van der Waals surface area contributed by atoms with Crippen molar-refractivity contribution < 1.29 is 9.53 Å². The van der Waals surface area contributed by atoms with E-state index in [0.717, 1.165) is 39.0 Å². The van der Waals surface area contributed by atoms with E-state index in [9.17, 15) is 4.79 Å². The number of fused-ring (bicyclic) bond motifs is 1. The number of methoxy groups -OCH3 is 1. The van der Waals surface area contributed by atoms with Gasteiger partial charge in [0.25, 0.3) is 5.91 Å². The van der Waals surface area contributed by atoms with Crippen LogP contribution in [0.4, 0.5) is 0 Å². The van der Waals surface area contributed by atoms with E-state index >= 15 is 0 Å². The molecule has 0 bridgehead atoms. The number of amides is 1. The number of ether oxygens (including phenoxy) is 1. The summed E-state index contributed by atoms with van der Waals surface area (Å²) in [7, 11) is 1.63. The fourth-order valence-electron chi connectivity index (χ4n) is 3.57. The number of nitrogens with two attached hydrogens (primary N) is 2. The van der Waals surface area contributed by atoms with Crippen LogP contribution in [0.15, 0.2) is 83.9 Å². The molecule has 30 heavy (non-hydrogen) atoms. The Labute approximate surface area is 174 Å². The van der Waals surface area contributed by atoms with Crippen LogP contribution in [0.25, 0.3) is 33.3 Å². The molecule has 0 spiro atoms. The molecule has 6 nitrogen and oxygen atoms in total. The molecule has 3 aromatic carbocycles. The molecule has 0 radical (unpaired) electrons. The van der Waals surface area contributed by atoms with Gasteiger partial charge in [0.1, 0.15) is 12.3 Å². The van der Waals surface area contributed by atoms with Crippen molar-refractivity contribution in [2.45, 2.75) is 6.54 Å². The monoisotopic (exact) mass is 398 g/mol. The van der Waals surface area contributed by atoms with Gasteiger partial charge in [0.15, 0.2) is 5.96 Å². The zero-order valence-corrected chi connectivity index (χ0v) is 16.6. The first-order valence-corrected chi connectivity index (χ1v) is 9.51. The molecule has 6 heteroatoms. The molecule has 4 N–H and O–H groups in total. The highest BCUT2D eigenvalue weighted by atomic mass is 16.5. The number of nitrogens with zero attached hydrogens (tertiary/aromatic N) is 2. The molecule has 0 saturated heterocycles. The van der Waals surface area contributed by atoms with Crippen LogP contribution in [-0.2, 0) is 11.3 Å². The number of aliphatic imine (C=N–C) groups is 1. The standard InChI is InChI=1S/C24H22N4O2/c1-30-20-10-8-17(9-11-20)21-12-13-22(28(21)15-23(29)27-24(25)26)19-7-6-16-4-2-3-5-18(16)14-19/h2-14H,15H2,1H3,(H4,25,26,27,29). The van der Waals surface area contributed by atoms with Gasteiger partial charge in [-0.1, -0.05) is 36.4 Å². The number of carbonyl (C=O) groups is 1. The van der Waals surface area contributed by atoms with Crippen molar-refractivity contribution in [2.24, 2.45) is 16.5 Å². The summed E-state index contributed by atoms with van der Waals surface area (Å²) in [6, 6.07) is 26.1. The molecule has 0 saturated carbocycles. The van der Waals surface area contributed by atoms with E-state index in [1.54, 1.807) is 7.11 Å². The Bertz CT molecular complexity index is 1240. The van der Waals surface area contributed by atoms with Gasteiger partial charge < -0.3 is 20.8 Å². The minimum Gasteiger partial charge on any atom is -0.497 e. The van der Waals surface area contributed by atoms with E-state index in [0.29, 0.717) is 0 Å². The summed E-state index contributed by atoms with van der Waals surface area (Å²) in [5.41, 5.74) is 14.6. The highest BCUT2D eigenvalue weighted by Crippen LogP contribution is 2.31. The molecule has 0 aliphatic heterocycles. The number of hydrogen-bond acceptors (Lipinski definition) is 2. The van der Waals surface area contributed by atoms with Crippen LogP contribution in [0.1, 0.15) is 0 Å². The summed E-state index contributed by atoms with van der Waals surface area (Å²) in [5, 5.41) is 2.29. The number of carbonyl (C=O) groups excluding carboxylic acids is 1. The van der Waals surface area contributed by atoms with Gasteiger partial charge in [0.05, 0.1) is 7.11 Å². The average molecular weight is 398 g/mol. The Kier molecular flexibility index (Phi) is 5.22. The SMILES string of the molecule is COc1ccc(-c2ccc(-c3ccc4ccccc4c3)n2CC(=O)N=C(N)N)cc1. The maximum Gasteiger partial charge on any atom is 0.268 e. The normalized spacial score (nSPS) is 10.7. The first-order valence-electron chi connectivity index (χ1n) is 9.51. The van der Waals surface area contributed by atoms with Gasteiger partial charge >= 0.3 is 0 Å². The van der Waals surface area contributed by atoms with Gasteiger partial charge in [0, 0.05) is 11.4 Å². The topological polar surface area (TPSA) is 95.6 Å². The lowest BCUT2D eigenvalue weighted by Gasteiger charge is -2.13. The van der Waals surface area contributed by atoms with E-state index in [1.165, 1.54) is 0 Å². The lowest BCUT2D eigenvalue weighted by atomic mass is 10.1. The van der Waals surface area contributed by atoms with Crippen molar-refractivity contribution in [3.63, 3.8) is 0 Å². The quantitative estimate of drug-likeness (QED) is 0.395. The third kappa shape index (κ3) is 3.89. The van der Waals surface area contributed by atoms with Crippen LogP contribution in [0, 0.1) is 0 Å². The van der Waals surface area contributed by atoms with Gasteiger partial charge in [-0.3, -0.25) is 4.79 Å². The van der Waals surface area contributed by atoms with E-state index < -0.39 is 5.91 Å². The van der Waals surface area contributed by atoms with Crippen molar-refractivity contribution in [1.29, 1.82) is 0 Å². The maximum atomic E-state index is 12.4. The van der Waals surface area contributed by atoms with Crippen molar-refractivity contribution >= 4 is 22.6 Å². The predicted octanol–water partition coefficient (Wildman–Crippen LogP) is 3.78. The van der Waals surface area contributed by atoms with Crippen molar-refractivity contribution in [3.8, 4) is 28.3 Å². The third-order valence-electron chi connectivity index (χ3n) is 4.96. The van der Waals surface area contributed by atoms with Gasteiger partial charge in [-0.05, 0) is 64.4 Å². The minimum atomic E-state index is -0.414. The second-order valence-electron chi connectivity index (χ2n) is 6.91. The summed E-state index contributed by atoms with van der Waals surface area (Å²) in [6.07, 6.45) is 0. The van der Waals surface area contributed by atoms with Gasteiger partial charge in [0.2, 0.25) is 0 Å². The zero-order chi connectivity index (χ0) is 21.1. The molecule has 0 fully saturated rings. The first kappa shape index (κ1) is 19.3. The lowest BCUT2D eigenvalue weighted by molar-refractivity contribution is -0.118. The second-order valence-corrected chi connectivity index (χ2v) is 6.91. The molecule has 150 valence electrons. The molecule has 0 unspecified atom stereocenters. The van der Waals surface area contributed by atoms with E-state index in [-0.39, 0.29) is 12.5 Å². The van der Waals surface area contributed by atoms with Crippen LogP contribution in [-0.4, -0.2) is 23.5 Å². The van der Waals surface area contributed by atoms with Gasteiger partial charge in [-0.15, -0.1) is 0 Å². The van der Waals surface area contributed by atoms with E-state index in [1.807, 2.05) is 53.1 Å². The fourth-order valence-corrected chi connectivity index (χ4v) is 3.57. The Morgan fingerprint density at radius 1 is 0.867 bits per heavy atom. The number of hydrogen-bond donors (Lipinski definition) is 2. The Morgan fingerprint density at radius 2 is 1.50 bits per heavy atom. The first-order chi connectivity index (χ1) is 14.5. The summed E-state index contributed by atoms with van der Waals surface area (Å²) in [6.45, 7) is 0.0222. The Morgan fingerprint density at radius 3 is 2.17 bits per heavy atom. The molecule has 0 aliphatic rings. The van der Waals surface area contributed by atoms with Gasteiger partial charge in [-0.2, -0.15) is 4.99 Å². The molecule has 0 aliphatic carbocycles. The molecule has 1 amide bonds. The number of aromatic nitrogens is 1. The number of guanidine groups is 1. The van der Waals surface area contributed by atoms with Crippen molar-refractivity contribution in [1.82, 2.24) is 4.57 Å². The molecule has 1 aromatic heterocycles. The van der Waals surface area contributed by atoms with Crippen LogP contribution < -0.4 is 16.2 Å². The predicted molar refractivity (Wildman–Crippen MR) is 120 cm³/mol. The van der Waals surface area contributed by atoms with Crippen LogP contribution >= 0.6 is 0 Å². The zero-order valence-electron chi connectivity index (χ0n) is 16.6. The molecular formula is C24H22N4O2. The van der Waals surface area contributed by atoms with Crippen molar-refractivity contribution in [2.75, 3.05) is 7.11 Å². The molecule has 0 atom stereocenters. The van der Waals surface area contributed by atoms with Crippen LogP contribution in [0.2, 0.25) is 0 Å². The third-order valence-corrected chi connectivity index (χ3v) is 4.96. The second kappa shape index (κ2) is 8.13. The Balaban J connectivity index is 1.83. The summed E-state index contributed by atoms with van der Waals surface area (Å²) < 4.78 is 7.18. The molecule has 1 heterocycles. The van der Waals surface area contributed by atoms with Crippen LogP contribution in [0.3, 0.4) is 0 Å². The summed E-state index contributed by atoms with van der Waals surface area (Å²) in [4.78, 5) is 16.1. The van der Waals surface area contributed by atoms with Crippen LogP contribution in [0.5, 0.6) is 5.75 Å². The average Bonchev–Trinajstić information content (AvgIpc) is 3.16. The maximum absolute atomic E-state index is 12.4. The van der Waals surface area contributed by atoms with E-state index in [4.69, 9.17) is 16.2 Å². The van der Waals surface area contributed by atoms with Gasteiger partial charge in [-0.25, -0.2) is 0 Å².